The van der Waals surface area contributed by atoms with Crippen LogP contribution >= 0.6 is 12.2 Å². The summed E-state index contributed by atoms with van der Waals surface area (Å²) in [4.78, 5) is 13.1. The number of hydrogen-bond donors (Lipinski definition) is 3. The molecule has 0 aliphatic carbocycles. The monoisotopic (exact) mass is 585 g/mol. The van der Waals surface area contributed by atoms with Gasteiger partial charge in [0.25, 0.3) is 15.9 Å². The molecule has 4 aromatic rings. The van der Waals surface area contributed by atoms with E-state index in [-0.39, 0.29) is 15.6 Å². The Morgan fingerprint density at radius 1 is 0.878 bits per heavy atom. The van der Waals surface area contributed by atoms with Gasteiger partial charge in [-0.05, 0) is 79.3 Å². The number of ether oxygens (including phenoxy) is 2. The zero-order chi connectivity index (χ0) is 29.2. The summed E-state index contributed by atoms with van der Waals surface area (Å²) in [6.45, 7) is 2.76. The molecular weight excluding hydrogens is 557 g/mol. The first-order valence-corrected chi connectivity index (χ1v) is 14.7. The fourth-order valence-electron chi connectivity index (χ4n) is 3.82. The quantitative estimate of drug-likeness (QED) is 0.177. The largest absolute Gasteiger partial charge is 0.494 e. The van der Waals surface area contributed by atoms with Crippen molar-refractivity contribution >= 4 is 57.9 Å². The number of amides is 1. The first-order valence-electron chi connectivity index (χ1n) is 12.8. The summed E-state index contributed by atoms with van der Waals surface area (Å²) >= 11 is 5.31. The molecule has 8 nitrogen and oxygen atoms in total. The van der Waals surface area contributed by atoms with Crippen molar-refractivity contribution in [2.45, 2.75) is 18.2 Å². The van der Waals surface area contributed by atoms with E-state index < -0.39 is 15.9 Å². The molecule has 0 fully saturated rings. The van der Waals surface area contributed by atoms with Crippen molar-refractivity contribution in [3.05, 3.63) is 108 Å². The van der Waals surface area contributed by atoms with E-state index in [0.717, 1.165) is 5.56 Å². The molecule has 4 aromatic carbocycles. The van der Waals surface area contributed by atoms with Gasteiger partial charge in [0.1, 0.15) is 19.3 Å². The van der Waals surface area contributed by atoms with Crippen LogP contribution in [0, 0.1) is 0 Å². The van der Waals surface area contributed by atoms with Crippen LogP contribution in [-0.2, 0) is 16.4 Å². The summed E-state index contributed by atoms with van der Waals surface area (Å²) in [7, 11) is 2.09. The summed E-state index contributed by atoms with van der Waals surface area (Å²) in [5, 5.41) is 5.53. The molecule has 0 aliphatic heterocycles. The van der Waals surface area contributed by atoms with Crippen LogP contribution in [0.1, 0.15) is 22.8 Å². The van der Waals surface area contributed by atoms with Gasteiger partial charge in [-0.3, -0.25) is 14.8 Å². The summed E-state index contributed by atoms with van der Waals surface area (Å²) in [6.07, 6.45) is 0.674. The smallest absolute Gasteiger partial charge is 0.261 e. The number of nitrogens with one attached hydrogen (secondary N) is 3. The Labute approximate surface area is 246 Å². The highest BCUT2D eigenvalue weighted by Crippen LogP contribution is 2.21. The van der Waals surface area contributed by atoms with E-state index in [2.05, 4.69) is 15.4 Å². The third kappa shape index (κ3) is 8.57. The van der Waals surface area contributed by atoms with Crippen molar-refractivity contribution in [2.75, 3.05) is 23.3 Å². The minimum absolute atomic E-state index is 0.0239. The summed E-state index contributed by atoms with van der Waals surface area (Å²) in [5.41, 5.74) is 2.65. The van der Waals surface area contributed by atoms with E-state index in [1.807, 2.05) is 37.3 Å². The van der Waals surface area contributed by atoms with Gasteiger partial charge in [0.15, 0.2) is 5.11 Å². The number of rotatable bonds is 11. The minimum Gasteiger partial charge on any atom is -0.494 e. The average molecular weight is 586 g/mol. The molecule has 0 saturated heterocycles. The Bertz CT molecular complexity index is 1600. The van der Waals surface area contributed by atoms with Crippen molar-refractivity contribution in [1.29, 1.82) is 0 Å². The van der Waals surface area contributed by atoms with Crippen molar-refractivity contribution in [3.63, 3.8) is 0 Å². The van der Waals surface area contributed by atoms with Crippen LogP contribution in [0.2, 0.25) is 0 Å². The zero-order valence-corrected chi connectivity index (χ0v) is 23.9. The van der Waals surface area contributed by atoms with E-state index >= 15 is 0 Å². The van der Waals surface area contributed by atoms with Gasteiger partial charge in [0.2, 0.25) is 0 Å². The maximum absolute atomic E-state index is 13.0. The third-order valence-electron chi connectivity index (χ3n) is 5.81. The first kappa shape index (κ1) is 29.6. The van der Waals surface area contributed by atoms with Crippen LogP contribution in [0.3, 0.4) is 0 Å². The second kappa shape index (κ2) is 13.8. The molecule has 0 heterocycles. The van der Waals surface area contributed by atoms with Crippen LogP contribution in [-0.4, -0.2) is 40.5 Å². The highest BCUT2D eigenvalue weighted by atomic mass is 32.2. The fourth-order valence-corrected chi connectivity index (χ4v) is 5.09. The first-order chi connectivity index (χ1) is 19.7. The van der Waals surface area contributed by atoms with Crippen LogP contribution in [0.15, 0.2) is 102 Å². The molecule has 41 heavy (non-hydrogen) atoms. The van der Waals surface area contributed by atoms with Crippen molar-refractivity contribution < 1.29 is 22.7 Å². The predicted octanol–water partition coefficient (Wildman–Crippen LogP) is 4.43. The maximum atomic E-state index is 13.0. The van der Waals surface area contributed by atoms with Gasteiger partial charge in [-0.2, -0.15) is 0 Å². The minimum atomic E-state index is -3.82. The molecule has 0 aliphatic rings. The second-order valence-electron chi connectivity index (χ2n) is 8.84. The standard InChI is InChI=1S/C30H28BN3O5S2/c1-2-38-25-13-9-24(10-14-25)34-41(36,37)26-15-11-23(12-16-26)32-30(40)33-29(35)27-20-22(31)8-17-28(27)39-19-18-21-6-4-3-5-7-21/h3-17,20,34H,2,18-19H2,1H3,(H2,32,33,35,40). The average Bonchev–Trinajstić information content (AvgIpc) is 2.95. The fraction of sp³-hybridized carbons (Fsp3) is 0.133. The molecule has 4 rings (SSSR count). The van der Waals surface area contributed by atoms with E-state index in [9.17, 15) is 13.2 Å². The molecule has 0 aromatic heterocycles. The van der Waals surface area contributed by atoms with Crippen LogP contribution < -0.4 is 30.3 Å². The normalized spacial score (nSPS) is 10.9. The van der Waals surface area contributed by atoms with Gasteiger partial charge in [0, 0.05) is 17.8 Å². The lowest BCUT2D eigenvalue weighted by Gasteiger charge is -2.14. The topological polar surface area (TPSA) is 106 Å². The van der Waals surface area contributed by atoms with Crippen LogP contribution in [0.25, 0.3) is 0 Å². The second-order valence-corrected chi connectivity index (χ2v) is 10.9. The molecular formula is C30H28BN3O5S2. The number of carbonyl (C=O) groups is 1. The summed E-state index contributed by atoms with van der Waals surface area (Å²) in [5.74, 6) is 0.532. The predicted molar refractivity (Wildman–Crippen MR) is 166 cm³/mol. The Hall–Kier alpha value is -4.35. The summed E-state index contributed by atoms with van der Waals surface area (Å²) in [6, 6.07) is 27.3. The van der Waals surface area contributed by atoms with Gasteiger partial charge in [-0.1, -0.05) is 47.9 Å². The van der Waals surface area contributed by atoms with Crippen LogP contribution in [0.4, 0.5) is 11.4 Å². The molecule has 0 spiro atoms. The number of carbonyl (C=O) groups excluding carboxylic acids is 1. The lowest BCUT2D eigenvalue weighted by Crippen LogP contribution is -2.34. The molecule has 208 valence electrons. The third-order valence-corrected chi connectivity index (χ3v) is 7.41. The van der Waals surface area contributed by atoms with Crippen molar-refractivity contribution in [3.8, 4) is 11.5 Å². The van der Waals surface area contributed by atoms with Gasteiger partial charge in [0.05, 0.1) is 23.7 Å². The maximum Gasteiger partial charge on any atom is 0.261 e. The van der Waals surface area contributed by atoms with E-state index in [1.165, 1.54) is 18.2 Å². The molecule has 0 atom stereocenters. The number of benzene rings is 4. The lowest BCUT2D eigenvalue weighted by molar-refractivity contribution is 0.0974. The number of sulfonamides is 1. The van der Waals surface area contributed by atoms with E-state index in [4.69, 9.17) is 29.5 Å². The number of anilines is 2. The SMILES string of the molecule is [B]c1ccc(OCCc2ccccc2)c(C(=O)NC(=S)Nc2ccc(S(=O)(=O)Nc3ccc(OCC)cc3)cc2)c1. The highest BCUT2D eigenvalue weighted by molar-refractivity contribution is 7.92. The van der Waals surface area contributed by atoms with Gasteiger partial charge in [-0.15, -0.1) is 0 Å². The molecule has 0 saturated carbocycles. The van der Waals surface area contributed by atoms with Gasteiger partial charge < -0.3 is 14.8 Å². The molecule has 2 radical (unpaired) electrons. The zero-order valence-electron chi connectivity index (χ0n) is 22.3. The molecule has 11 heteroatoms. The van der Waals surface area contributed by atoms with Crippen molar-refractivity contribution in [1.82, 2.24) is 5.32 Å². The van der Waals surface area contributed by atoms with Crippen molar-refractivity contribution in [2.24, 2.45) is 0 Å². The molecule has 0 bridgehead atoms. The van der Waals surface area contributed by atoms with Crippen LogP contribution in [0.5, 0.6) is 11.5 Å². The van der Waals surface area contributed by atoms with E-state index in [0.29, 0.717) is 48.0 Å². The number of thiocarbonyl (C=S) groups is 1. The van der Waals surface area contributed by atoms with Gasteiger partial charge in [-0.25, -0.2) is 8.42 Å². The Morgan fingerprint density at radius 2 is 1.56 bits per heavy atom. The Morgan fingerprint density at radius 3 is 2.24 bits per heavy atom. The molecule has 3 N–H and O–H groups in total. The molecule has 0 unspecified atom stereocenters. The Balaban J connectivity index is 1.34. The molecule has 1 amide bonds. The lowest BCUT2D eigenvalue weighted by atomic mass is 9.94. The van der Waals surface area contributed by atoms with E-state index in [1.54, 1.807) is 48.5 Å². The number of hydrogen-bond acceptors (Lipinski definition) is 6. The highest BCUT2D eigenvalue weighted by Gasteiger charge is 2.16. The Kier molecular flexibility index (Phi) is 9.99. The van der Waals surface area contributed by atoms with Gasteiger partial charge >= 0.3 is 0 Å². The summed E-state index contributed by atoms with van der Waals surface area (Å²) < 4.78 is 39.4.